The van der Waals surface area contributed by atoms with Crippen LogP contribution in [0.5, 0.6) is 0 Å². The van der Waals surface area contributed by atoms with E-state index in [-0.39, 0.29) is 0 Å². The molecule has 0 fully saturated rings. The van der Waals surface area contributed by atoms with Crippen LogP contribution in [0.1, 0.15) is 79.1 Å². The zero-order chi connectivity index (χ0) is 15.5. The zero-order valence-electron chi connectivity index (χ0n) is 13.4. The minimum atomic E-state index is -0.794. The molecule has 4 nitrogen and oxygen atoms in total. The van der Waals surface area contributed by atoms with Crippen molar-refractivity contribution in [3.8, 4) is 12.1 Å². The average Bonchev–Trinajstić information content (AvgIpc) is 2.46. The second-order valence-electron chi connectivity index (χ2n) is 5.89. The molecule has 0 saturated heterocycles. The van der Waals surface area contributed by atoms with Gasteiger partial charge < -0.3 is 0 Å². The Morgan fingerprint density at radius 2 is 1.10 bits per heavy atom. The third-order valence-corrected chi connectivity index (χ3v) is 3.51. The van der Waals surface area contributed by atoms with E-state index in [1.54, 1.807) is 13.8 Å². The highest BCUT2D eigenvalue weighted by atomic mass is 15.2. The third-order valence-electron chi connectivity index (χ3n) is 3.51. The maximum absolute atomic E-state index is 9.28. The van der Waals surface area contributed by atoms with Crippen molar-refractivity contribution in [2.75, 3.05) is 0 Å². The minimum absolute atomic E-state index is 0.706. The van der Waals surface area contributed by atoms with Crippen LogP contribution in [0.3, 0.4) is 0 Å². The number of hydrogen-bond donors (Lipinski definition) is 0. The molecule has 0 spiro atoms. The van der Waals surface area contributed by atoms with Gasteiger partial charge in [-0.05, 0) is 39.5 Å². The van der Waals surface area contributed by atoms with Crippen molar-refractivity contribution in [2.24, 2.45) is 10.2 Å². The number of unbranched alkanes of at least 4 members (excludes halogenated alkanes) is 4. The molecule has 0 aliphatic heterocycles. The van der Waals surface area contributed by atoms with Crippen LogP contribution in [0, 0.1) is 22.7 Å². The highest BCUT2D eigenvalue weighted by Crippen LogP contribution is 2.24. The van der Waals surface area contributed by atoms with Crippen LogP contribution < -0.4 is 0 Å². The van der Waals surface area contributed by atoms with E-state index in [0.29, 0.717) is 12.8 Å². The lowest BCUT2D eigenvalue weighted by Crippen LogP contribution is -2.23. The summed E-state index contributed by atoms with van der Waals surface area (Å²) >= 11 is 0. The maximum Gasteiger partial charge on any atom is 0.164 e. The van der Waals surface area contributed by atoms with Crippen molar-refractivity contribution in [2.45, 2.75) is 90.1 Å². The first-order valence-corrected chi connectivity index (χ1v) is 7.72. The van der Waals surface area contributed by atoms with Crippen LogP contribution in [-0.4, -0.2) is 11.1 Å². The number of nitriles is 2. The van der Waals surface area contributed by atoms with Crippen LogP contribution in [0.2, 0.25) is 0 Å². The monoisotopic (exact) mass is 276 g/mol. The quantitative estimate of drug-likeness (QED) is 0.408. The topological polar surface area (TPSA) is 72.3 Å². The summed E-state index contributed by atoms with van der Waals surface area (Å²) in [5.74, 6) is 0. The van der Waals surface area contributed by atoms with Crippen LogP contribution in [0.15, 0.2) is 10.2 Å². The first-order chi connectivity index (χ1) is 9.45. The molecule has 0 aromatic rings. The van der Waals surface area contributed by atoms with E-state index < -0.39 is 11.1 Å². The lowest BCUT2D eigenvalue weighted by Gasteiger charge is -2.19. The van der Waals surface area contributed by atoms with Crippen molar-refractivity contribution < 1.29 is 0 Å². The Balaban J connectivity index is 4.66. The summed E-state index contributed by atoms with van der Waals surface area (Å²) in [7, 11) is 0. The van der Waals surface area contributed by atoms with Crippen LogP contribution in [-0.2, 0) is 0 Å². The second kappa shape index (κ2) is 9.48. The summed E-state index contributed by atoms with van der Waals surface area (Å²) < 4.78 is 0. The van der Waals surface area contributed by atoms with Crippen LogP contribution >= 0.6 is 0 Å². The molecule has 0 aliphatic carbocycles. The number of nitrogens with zero attached hydrogens (tertiary/aromatic N) is 4. The lowest BCUT2D eigenvalue weighted by molar-refractivity contribution is 0.428. The molecule has 0 rings (SSSR count). The van der Waals surface area contributed by atoms with Gasteiger partial charge in [-0.1, -0.05) is 39.5 Å². The van der Waals surface area contributed by atoms with Crippen molar-refractivity contribution in [3.63, 3.8) is 0 Å². The molecule has 112 valence electrons. The Morgan fingerprint density at radius 1 is 0.750 bits per heavy atom. The molecule has 0 saturated carbocycles. The van der Waals surface area contributed by atoms with Gasteiger partial charge in [0.2, 0.25) is 0 Å². The summed E-state index contributed by atoms with van der Waals surface area (Å²) in [6, 6.07) is 4.46. The number of hydrogen-bond acceptors (Lipinski definition) is 4. The van der Waals surface area contributed by atoms with Gasteiger partial charge in [-0.2, -0.15) is 20.8 Å². The van der Waals surface area contributed by atoms with Crippen molar-refractivity contribution in [3.05, 3.63) is 0 Å². The summed E-state index contributed by atoms with van der Waals surface area (Å²) in [5.41, 5.74) is -1.59. The van der Waals surface area contributed by atoms with Gasteiger partial charge in [-0.3, -0.25) is 0 Å². The predicted octanol–water partition coefficient (Wildman–Crippen LogP) is 5.16. The van der Waals surface area contributed by atoms with Gasteiger partial charge in [-0.15, -0.1) is 0 Å². The van der Waals surface area contributed by atoms with Gasteiger partial charge in [0.25, 0.3) is 0 Å². The van der Waals surface area contributed by atoms with Gasteiger partial charge in [0.15, 0.2) is 11.1 Å². The molecule has 2 unspecified atom stereocenters. The lowest BCUT2D eigenvalue weighted by atomic mass is 9.96. The van der Waals surface area contributed by atoms with E-state index in [1.807, 2.05) is 0 Å². The largest absolute Gasteiger partial charge is 0.196 e. The maximum atomic E-state index is 9.28. The highest BCUT2D eigenvalue weighted by Gasteiger charge is 2.27. The fraction of sp³-hybridized carbons (Fsp3) is 0.875. The predicted molar refractivity (Wildman–Crippen MR) is 81.2 cm³/mol. The fourth-order valence-electron chi connectivity index (χ4n) is 1.92. The molecule has 4 heteroatoms. The van der Waals surface area contributed by atoms with E-state index >= 15 is 0 Å². The molecule has 0 aliphatic rings. The zero-order valence-corrected chi connectivity index (χ0v) is 13.4. The van der Waals surface area contributed by atoms with E-state index in [0.717, 1.165) is 38.5 Å². The van der Waals surface area contributed by atoms with Crippen LogP contribution in [0.25, 0.3) is 0 Å². The fourth-order valence-corrected chi connectivity index (χ4v) is 1.92. The molecule has 0 aromatic heterocycles. The first-order valence-electron chi connectivity index (χ1n) is 7.72. The Hall–Kier alpha value is -1.42. The second-order valence-corrected chi connectivity index (χ2v) is 5.89. The molecule has 20 heavy (non-hydrogen) atoms. The van der Waals surface area contributed by atoms with E-state index in [4.69, 9.17) is 0 Å². The summed E-state index contributed by atoms with van der Waals surface area (Å²) in [4.78, 5) is 0. The molecule has 0 radical (unpaired) electrons. The number of rotatable bonds is 10. The Morgan fingerprint density at radius 3 is 1.35 bits per heavy atom. The molecule has 0 amide bonds. The van der Waals surface area contributed by atoms with Crippen molar-refractivity contribution in [1.82, 2.24) is 0 Å². The number of azo groups is 1. The summed E-state index contributed by atoms with van der Waals surface area (Å²) in [6.45, 7) is 7.86. The van der Waals surface area contributed by atoms with Crippen molar-refractivity contribution >= 4 is 0 Å². The van der Waals surface area contributed by atoms with E-state index in [9.17, 15) is 10.5 Å². The molecule has 0 heterocycles. The molecule has 0 bridgehead atoms. The third kappa shape index (κ3) is 7.24. The highest BCUT2D eigenvalue weighted by molar-refractivity contribution is 5.07. The molecule has 0 aromatic carbocycles. The SMILES string of the molecule is CCCCCC(C)(C#N)N=NC(C)(C#N)CCCCC. The Bertz CT molecular complexity index is 341. The van der Waals surface area contributed by atoms with Crippen LogP contribution in [0.4, 0.5) is 0 Å². The minimum Gasteiger partial charge on any atom is -0.196 e. The summed E-state index contributed by atoms with van der Waals surface area (Å²) in [5, 5.41) is 27.0. The summed E-state index contributed by atoms with van der Waals surface area (Å²) in [6.07, 6.45) is 7.78. The molecule has 0 N–H and O–H groups in total. The average molecular weight is 276 g/mol. The van der Waals surface area contributed by atoms with E-state index in [1.165, 1.54) is 0 Å². The van der Waals surface area contributed by atoms with Gasteiger partial charge in [-0.25, -0.2) is 0 Å². The Labute approximate surface area is 123 Å². The molecular weight excluding hydrogens is 248 g/mol. The van der Waals surface area contributed by atoms with Gasteiger partial charge in [0.05, 0.1) is 12.1 Å². The Kier molecular flexibility index (Phi) is 8.81. The van der Waals surface area contributed by atoms with Crippen molar-refractivity contribution in [1.29, 1.82) is 10.5 Å². The van der Waals surface area contributed by atoms with Gasteiger partial charge in [0.1, 0.15) is 0 Å². The molecule has 2 atom stereocenters. The smallest absolute Gasteiger partial charge is 0.164 e. The van der Waals surface area contributed by atoms with Gasteiger partial charge in [0, 0.05) is 0 Å². The molecular formula is C16H28N4. The standard InChI is InChI=1S/C16H28N4/c1-5-7-9-11-15(3,13-17)19-20-16(4,14-18)12-10-8-6-2/h5-12H2,1-4H3. The van der Waals surface area contributed by atoms with E-state index in [2.05, 4.69) is 36.2 Å². The normalized spacial score (nSPS) is 17.1. The first kappa shape index (κ1) is 18.6. The van der Waals surface area contributed by atoms with Gasteiger partial charge >= 0.3 is 0 Å².